The van der Waals surface area contributed by atoms with Crippen LogP contribution >= 0.6 is 0 Å². The molecule has 2 N–H and O–H groups in total. The van der Waals surface area contributed by atoms with Crippen LogP contribution in [0.15, 0.2) is 42.5 Å². The van der Waals surface area contributed by atoms with E-state index in [1.807, 2.05) is 6.07 Å². The highest BCUT2D eigenvalue weighted by atomic mass is 16.1. The van der Waals surface area contributed by atoms with Crippen molar-refractivity contribution in [1.82, 2.24) is 5.32 Å². The Morgan fingerprint density at radius 2 is 1.90 bits per heavy atom. The minimum absolute atomic E-state index is 0.0344. The van der Waals surface area contributed by atoms with Crippen LogP contribution in [0.5, 0.6) is 0 Å². The largest absolute Gasteiger partial charge is 0.378 e. The summed E-state index contributed by atoms with van der Waals surface area (Å²) in [5.74, 6) is 0.882. The van der Waals surface area contributed by atoms with E-state index in [2.05, 4.69) is 74.7 Å². The van der Waals surface area contributed by atoms with Crippen molar-refractivity contribution >= 4 is 11.6 Å². The maximum Gasteiger partial charge on any atom is 0.251 e. The normalized spacial score (nSPS) is 22.0. The third-order valence-electron chi connectivity index (χ3n) is 6.49. The average molecular weight is 389 g/mol. The van der Waals surface area contributed by atoms with E-state index in [1.54, 1.807) is 0 Å². The smallest absolute Gasteiger partial charge is 0.251 e. The summed E-state index contributed by atoms with van der Waals surface area (Å²) in [5, 5.41) is 6.88. The van der Waals surface area contributed by atoms with E-state index in [0.29, 0.717) is 17.9 Å². The van der Waals surface area contributed by atoms with E-state index in [4.69, 9.17) is 0 Å². The van der Waals surface area contributed by atoms with Gasteiger partial charge in [-0.2, -0.15) is 0 Å². The third kappa shape index (κ3) is 3.71. The minimum Gasteiger partial charge on any atom is -0.378 e. The molecule has 1 aliphatic heterocycles. The lowest BCUT2D eigenvalue weighted by molar-refractivity contribution is 0.0953. The first-order valence-corrected chi connectivity index (χ1v) is 10.9. The number of nitrogens with one attached hydrogen (secondary N) is 2. The molecule has 0 fully saturated rings. The first-order chi connectivity index (χ1) is 14.0. The van der Waals surface area contributed by atoms with Crippen LogP contribution in [0.25, 0.3) is 0 Å². The molecular weight excluding hydrogens is 356 g/mol. The number of carbonyl (C=O) groups excluding carboxylic acids is 1. The van der Waals surface area contributed by atoms with Gasteiger partial charge in [-0.1, -0.05) is 43.2 Å². The molecule has 1 heterocycles. The van der Waals surface area contributed by atoms with Gasteiger partial charge in [0.15, 0.2) is 0 Å². The number of unbranched alkanes of at least 4 members (excludes halogenated alkanes) is 1. The number of benzene rings is 2. The van der Waals surface area contributed by atoms with Crippen molar-refractivity contribution < 1.29 is 4.79 Å². The summed E-state index contributed by atoms with van der Waals surface area (Å²) in [6.07, 6.45) is 7.83. The molecule has 1 aliphatic carbocycles. The fourth-order valence-corrected chi connectivity index (χ4v) is 5.18. The number of rotatable bonds is 5. The van der Waals surface area contributed by atoms with Crippen molar-refractivity contribution in [2.75, 3.05) is 11.9 Å². The molecule has 2 aliphatic rings. The summed E-state index contributed by atoms with van der Waals surface area (Å²) < 4.78 is 0. The van der Waals surface area contributed by atoms with Gasteiger partial charge in [-0.3, -0.25) is 4.79 Å². The van der Waals surface area contributed by atoms with Crippen molar-refractivity contribution in [3.05, 3.63) is 75.9 Å². The Bertz CT molecular complexity index is 936. The molecule has 3 atom stereocenters. The summed E-state index contributed by atoms with van der Waals surface area (Å²) in [7, 11) is 0. The second-order valence-electron chi connectivity index (χ2n) is 8.70. The molecule has 0 saturated carbocycles. The molecule has 29 heavy (non-hydrogen) atoms. The SMILES string of the molecule is CCCCNC(=O)c1ccc2c(c1)C1C=CCC1C(c1c(C)cc(C)cc1C)N2. The molecule has 3 unspecified atom stereocenters. The number of amides is 1. The first-order valence-electron chi connectivity index (χ1n) is 10.9. The number of hydrogen-bond acceptors (Lipinski definition) is 2. The van der Waals surface area contributed by atoms with E-state index in [1.165, 1.54) is 27.8 Å². The van der Waals surface area contributed by atoms with Crippen molar-refractivity contribution in [3.8, 4) is 0 Å². The van der Waals surface area contributed by atoms with Crippen LogP contribution in [0.3, 0.4) is 0 Å². The van der Waals surface area contributed by atoms with Crippen molar-refractivity contribution in [1.29, 1.82) is 0 Å². The van der Waals surface area contributed by atoms with Gasteiger partial charge in [0.1, 0.15) is 0 Å². The molecule has 0 saturated heterocycles. The highest BCUT2D eigenvalue weighted by Crippen LogP contribution is 2.51. The van der Waals surface area contributed by atoms with Crippen LogP contribution in [0.4, 0.5) is 5.69 Å². The number of hydrogen-bond donors (Lipinski definition) is 2. The molecule has 1 amide bonds. The van der Waals surface area contributed by atoms with Gasteiger partial charge in [-0.25, -0.2) is 0 Å². The molecule has 0 aromatic heterocycles. The second-order valence-corrected chi connectivity index (χ2v) is 8.70. The van der Waals surface area contributed by atoms with Crippen LogP contribution in [0.2, 0.25) is 0 Å². The van der Waals surface area contributed by atoms with E-state index >= 15 is 0 Å². The molecular formula is C26H32N2O. The number of fused-ring (bicyclic) bond motifs is 3. The van der Waals surface area contributed by atoms with E-state index < -0.39 is 0 Å². The topological polar surface area (TPSA) is 41.1 Å². The Morgan fingerprint density at radius 3 is 2.62 bits per heavy atom. The van der Waals surface area contributed by atoms with Crippen molar-refractivity contribution in [2.45, 2.75) is 58.9 Å². The molecule has 0 spiro atoms. The zero-order valence-electron chi connectivity index (χ0n) is 18.0. The highest BCUT2D eigenvalue weighted by molar-refractivity contribution is 5.95. The lowest BCUT2D eigenvalue weighted by atomic mass is 9.75. The summed E-state index contributed by atoms with van der Waals surface area (Å²) >= 11 is 0. The molecule has 2 aromatic carbocycles. The van der Waals surface area contributed by atoms with Crippen molar-refractivity contribution in [3.63, 3.8) is 0 Å². The quantitative estimate of drug-likeness (QED) is 0.489. The summed E-state index contributed by atoms with van der Waals surface area (Å²) in [5.41, 5.74) is 8.66. The van der Waals surface area contributed by atoms with E-state index in [0.717, 1.165) is 37.1 Å². The van der Waals surface area contributed by atoms with Gasteiger partial charge in [0.2, 0.25) is 0 Å². The maximum atomic E-state index is 12.6. The minimum atomic E-state index is 0.0344. The van der Waals surface area contributed by atoms with Crippen LogP contribution < -0.4 is 10.6 Å². The average Bonchev–Trinajstić information content (AvgIpc) is 3.17. The number of anilines is 1. The lowest BCUT2D eigenvalue weighted by Gasteiger charge is -2.39. The Hall–Kier alpha value is -2.55. The fraction of sp³-hybridized carbons (Fsp3) is 0.423. The van der Waals surface area contributed by atoms with Gasteiger partial charge >= 0.3 is 0 Å². The second kappa shape index (κ2) is 8.06. The summed E-state index contributed by atoms with van der Waals surface area (Å²) in [4.78, 5) is 12.6. The molecule has 0 radical (unpaired) electrons. The Balaban J connectivity index is 1.67. The Morgan fingerprint density at radius 1 is 1.14 bits per heavy atom. The zero-order chi connectivity index (χ0) is 20.5. The molecule has 0 bridgehead atoms. The monoisotopic (exact) mass is 388 g/mol. The maximum absolute atomic E-state index is 12.6. The van der Waals surface area contributed by atoms with E-state index in [-0.39, 0.29) is 5.91 Å². The number of allylic oxidation sites excluding steroid dienone is 2. The van der Waals surface area contributed by atoms with E-state index in [9.17, 15) is 4.79 Å². The molecule has 4 rings (SSSR count). The number of aryl methyl sites for hydroxylation is 3. The Kier molecular flexibility index (Phi) is 5.49. The number of carbonyl (C=O) groups is 1. The zero-order valence-corrected chi connectivity index (χ0v) is 18.0. The summed E-state index contributed by atoms with van der Waals surface area (Å²) in [6, 6.07) is 11.0. The van der Waals surface area contributed by atoms with Crippen molar-refractivity contribution in [2.24, 2.45) is 5.92 Å². The van der Waals surface area contributed by atoms with Crippen LogP contribution in [0, 0.1) is 26.7 Å². The predicted molar refractivity (Wildman–Crippen MR) is 121 cm³/mol. The van der Waals surface area contributed by atoms with Crippen LogP contribution in [-0.4, -0.2) is 12.5 Å². The fourth-order valence-electron chi connectivity index (χ4n) is 5.18. The first kappa shape index (κ1) is 19.8. The van der Waals surface area contributed by atoms with Gasteiger partial charge in [0.05, 0.1) is 6.04 Å². The lowest BCUT2D eigenvalue weighted by Crippen LogP contribution is -2.31. The predicted octanol–water partition coefficient (Wildman–Crippen LogP) is 5.97. The van der Waals surface area contributed by atoms with Crippen LogP contribution in [0.1, 0.15) is 76.3 Å². The highest BCUT2D eigenvalue weighted by Gasteiger charge is 2.39. The third-order valence-corrected chi connectivity index (χ3v) is 6.49. The van der Waals surface area contributed by atoms with Gasteiger partial charge in [0, 0.05) is 23.7 Å². The molecule has 2 aromatic rings. The molecule has 152 valence electrons. The van der Waals surface area contributed by atoms with Gasteiger partial charge < -0.3 is 10.6 Å². The van der Waals surface area contributed by atoms with Gasteiger partial charge in [0.25, 0.3) is 5.91 Å². The molecule has 3 nitrogen and oxygen atoms in total. The molecule has 3 heteroatoms. The van der Waals surface area contributed by atoms with Gasteiger partial charge in [-0.15, -0.1) is 0 Å². The van der Waals surface area contributed by atoms with Crippen LogP contribution in [-0.2, 0) is 0 Å². The summed E-state index contributed by atoms with van der Waals surface area (Å²) in [6.45, 7) is 9.50. The Labute approximate surface area is 174 Å². The standard InChI is InChI=1S/C26H32N2O/c1-5-6-12-27-26(29)19-10-11-23-22(15-19)20-8-7-9-21(20)25(28-23)24-17(3)13-16(2)14-18(24)4/h7-8,10-11,13-15,20-21,25,28H,5-6,9,12H2,1-4H3,(H,27,29). The van der Waals surface area contributed by atoms with Gasteiger partial charge in [-0.05, 0) is 80.0 Å².